The summed E-state index contributed by atoms with van der Waals surface area (Å²) in [6.45, 7) is 2.31. The SMILES string of the molecule is CCOc1ccc(C(CCS)NC)cc1F. The van der Waals surface area contributed by atoms with Crippen LogP contribution in [-0.2, 0) is 0 Å². The zero-order chi connectivity index (χ0) is 12.0. The minimum Gasteiger partial charge on any atom is -0.491 e. The van der Waals surface area contributed by atoms with Crippen LogP contribution in [0.4, 0.5) is 4.39 Å². The lowest BCUT2D eigenvalue weighted by atomic mass is 10.0. The highest BCUT2D eigenvalue weighted by atomic mass is 32.1. The number of ether oxygens (including phenoxy) is 1. The van der Waals surface area contributed by atoms with E-state index in [1.165, 1.54) is 6.07 Å². The van der Waals surface area contributed by atoms with Crippen molar-refractivity contribution in [2.75, 3.05) is 19.4 Å². The summed E-state index contributed by atoms with van der Waals surface area (Å²) in [7, 11) is 1.86. The number of thiol groups is 1. The molecule has 1 rings (SSSR count). The summed E-state index contributed by atoms with van der Waals surface area (Å²) in [5, 5.41) is 3.14. The highest BCUT2D eigenvalue weighted by Crippen LogP contribution is 2.23. The molecule has 0 aromatic heterocycles. The maximum atomic E-state index is 13.6. The Hall–Kier alpha value is -0.740. The molecule has 1 N–H and O–H groups in total. The summed E-state index contributed by atoms with van der Waals surface area (Å²) in [6.07, 6.45) is 0.868. The molecule has 1 unspecified atom stereocenters. The number of hydrogen-bond acceptors (Lipinski definition) is 3. The highest BCUT2D eigenvalue weighted by Gasteiger charge is 2.11. The summed E-state index contributed by atoms with van der Waals surface area (Å²) < 4.78 is 18.8. The fourth-order valence-electron chi connectivity index (χ4n) is 1.61. The van der Waals surface area contributed by atoms with Crippen LogP contribution in [0.25, 0.3) is 0 Å². The topological polar surface area (TPSA) is 21.3 Å². The smallest absolute Gasteiger partial charge is 0.165 e. The molecule has 0 amide bonds. The van der Waals surface area contributed by atoms with Crippen LogP contribution in [0.5, 0.6) is 5.75 Å². The average Bonchev–Trinajstić information content (AvgIpc) is 2.29. The summed E-state index contributed by atoms with van der Waals surface area (Å²) in [4.78, 5) is 0. The normalized spacial score (nSPS) is 12.5. The van der Waals surface area contributed by atoms with E-state index in [1.54, 1.807) is 6.07 Å². The quantitative estimate of drug-likeness (QED) is 0.750. The molecule has 1 aromatic carbocycles. The number of hydrogen-bond donors (Lipinski definition) is 2. The summed E-state index contributed by atoms with van der Waals surface area (Å²) in [5.41, 5.74) is 0.928. The van der Waals surface area contributed by atoms with Gasteiger partial charge in [-0.2, -0.15) is 12.6 Å². The van der Waals surface area contributed by atoms with Crippen molar-refractivity contribution in [3.8, 4) is 5.75 Å². The minimum atomic E-state index is -0.307. The zero-order valence-electron chi connectivity index (χ0n) is 9.66. The van der Waals surface area contributed by atoms with E-state index < -0.39 is 0 Å². The van der Waals surface area contributed by atoms with Crippen LogP contribution < -0.4 is 10.1 Å². The molecule has 0 heterocycles. The molecule has 0 saturated heterocycles. The van der Waals surface area contributed by atoms with Gasteiger partial charge < -0.3 is 10.1 Å². The lowest BCUT2D eigenvalue weighted by Crippen LogP contribution is -2.17. The molecule has 0 aliphatic heterocycles. The number of halogens is 1. The Morgan fingerprint density at radius 3 is 2.75 bits per heavy atom. The molecule has 0 radical (unpaired) electrons. The lowest BCUT2D eigenvalue weighted by molar-refractivity contribution is 0.321. The van der Waals surface area contributed by atoms with Crippen LogP contribution in [-0.4, -0.2) is 19.4 Å². The minimum absolute atomic E-state index is 0.141. The van der Waals surface area contributed by atoms with Gasteiger partial charge in [0.15, 0.2) is 11.6 Å². The molecule has 16 heavy (non-hydrogen) atoms. The van der Waals surface area contributed by atoms with Crippen molar-refractivity contribution in [3.05, 3.63) is 29.6 Å². The van der Waals surface area contributed by atoms with E-state index in [1.807, 2.05) is 20.0 Å². The second-order valence-electron chi connectivity index (χ2n) is 3.48. The third-order valence-electron chi connectivity index (χ3n) is 2.42. The standard InChI is InChI=1S/C12H18FNOS/c1-3-15-12-5-4-9(8-10(12)13)11(14-2)6-7-16/h4-5,8,11,14,16H,3,6-7H2,1-2H3. The first-order valence-electron chi connectivity index (χ1n) is 5.43. The first kappa shape index (κ1) is 13.3. The van der Waals surface area contributed by atoms with Gasteiger partial charge in [-0.25, -0.2) is 4.39 Å². The number of benzene rings is 1. The molecule has 0 aliphatic carbocycles. The van der Waals surface area contributed by atoms with Crippen molar-refractivity contribution >= 4 is 12.6 Å². The van der Waals surface area contributed by atoms with Crippen molar-refractivity contribution in [3.63, 3.8) is 0 Å². The van der Waals surface area contributed by atoms with Gasteiger partial charge in [0.05, 0.1) is 6.61 Å². The fraction of sp³-hybridized carbons (Fsp3) is 0.500. The molecule has 0 aliphatic rings. The summed E-state index contributed by atoms with van der Waals surface area (Å²) in [5.74, 6) is 0.770. The third-order valence-corrected chi connectivity index (χ3v) is 2.68. The van der Waals surface area contributed by atoms with Crippen LogP contribution in [0.15, 0.2) is 18.2 Å². The number of rotatable bonds is 6. The Labute approximate surface area is 102 Å². The molecule has 1 atom stereocenters. The Bertz CT molecular complexity index is 333. The second kappa shape index (κ2) is 6.76. The fourth-order valence-corrected chi connectivity index (χ4v) is 1.87. The largest absolute Gasteiger partial charge is 0.491 e. The maximum Gasteiger partial charge on any atom is 0.165 e. The average molecular weight is 243 g/mol. The summed E-state index contributed by atoms with van der Waals surface area (Å²) >= 11 is 4.19. The van der Waals surface area contributed by atoms with Crippen molar-refractivity contribution in [2.45, 2.75) is 19.4 Å². The van der Waals surface area contributed by atoms with Crippen molar-refractivity contribution in [1.29, 1.82) is 0 Å². The van der Waals surface area contributed by atoms with Gasteiger partial charge in [0, 0.05) is 6.04 Å². The molecule has 0 fully saturated rings. The van der Waals surface area contributed by atoms with Gasteiger partial charge in [-0.15, -0.1) is 0 Å². The van der Waals surface area contributed by atoms with Gasteiger partial charge >= 0.3 is 0 Å². The first-order valence-corrected chi connectivity index (χ1v) is 6.06. The number of nitrogens with one attached hydrogen (secondary N) is 1. The van der Waals surface area contributed by atoms with E-state index in [2.05, 4.69) is 17.9 Å². The zero-order valence-corrected chi connectivity index (χ0v) is 10.6. The van der Waals surface area contributed by atoms with Gasteiger partial charge in [0.2, 0.25) is 0 Å². The predicted molar refractivity (Wildman–Crippen MR) is 67.8 cm³/mol. The van der Waals surface area contributed by atoms with E-state index in [-0.39, 0.29) is 11.9 Å². The van der Waals surface area contributed by atoms with Crippen LogP contribution in [0, 0.1) is 5.82 Å². The van der Waals surface area contributed by atoms with E-state index >= 15 is 0 Å². The monoisotopic (exact) mass is 243 g/mol. The molecule has 90 valence electrons. The molecular weight excluding hydrogens is 225 g/mol. The third kappa shape index (κ3) is 3.39. The van der Waals surface area contributed by atoms with Crippen molar-refractivity contribution in [2.24, 2.45) is 0 Å². The summed E-state index contributed by atoms with van der Waals surface area (Å²) in [6, 6.07) is 5.23. The van der Waals surface area contributed by atoms with E-state index in [4.69, 9.17) is 4.74 Å². The van der Waals surface area contributed by atoms with Crippen molar-refractivity contribution < 1.29 is 9.13 Å². The second-order valence-corrected chi connectivity index (χ2v) is 3.92. The van der Waals surface area contributed by atoms with E-state index in [9.17, 15) is 4.39 Å². The molecular formula is C12H18FNOS. The molecule has 0 spiro atoms. The predicted octanol–water partition coefficient (Wildman–Crippen LogP) is 2.80. The van der Waals surface area contributed by atoms with Crippen LogP contribution >= 0.6 is 12.6 Å². The first-order chi connectivity index (χ1) is 7.72. The van der Waals surface area contributed by atoms with Crippen LogP contribution in [0.2, 0.25) is 0 Å². The van der Waals surface area contributed by atoms with Crippen molar-refractivity contribution in [1.82, 2.24) is 5.32 Å². The Morgan fingerprint density at radius 1 is 1.50 bits per heavy atom. The van der Waals surface area contributed by atoms with Crippen LogP contribution in [0.1, 0.15) is 24.9 Å². The van der Waals surface area contributed by atoms with Gasteiger partial charge in [-0.05, 0) is 43.8 Å². The van der Waals surface area contributed by atoms with Gasteiger partial charge in [0.25, 0.3) is 0 Å². The van der Waals surface area contributed by atoms with Gasteiger partial charge in [-0.1, -0.05) is 6.07 Å². The van der Waals surface area contributed by atoms with Crippen LogP contribution in [0.3, 0.4) is 0 Å². The molecule has 0 saturated carbocycles. The van der Waals surface area contributed by atoms with E-state index in [0.717, 1.165) is 17.7 Å². The lowest BCUT2D eigenvalue weighted by Gasteiger charge is -2.16. The molecule has 1 aromatic rings. The highest BCUT2D eigenvalue weighted by molar-refractivity contribution is 7.80. The maximum absolute atomic E-state index is 13.6. The van der Waals surface area contributed by atoms with E-state index in [0.29, 0.717) is 12.4 Å². The molecule has 2 nitrogen and oxygen atoms in total. The molecule has 0 bridgehead atoms. The Kier molecular flexibility index (Phi) is 5.63. The Balaban J connectivity index is 2.85. The van der Waals surface area contributed by atoms with Gasteiger partial charge in [0.1, 0.15) is 0 Å². The van der Waals surface area contributed by atoms with Gasteiger partial charge in [-0.3, -0.25) is 0 Å². The Morgan fingerprint density at radius 2 is 2.25 bits per heavy atom. The molecule has 4 heteroatoms.